The van der Waals surface area contributed by atoms with Gasteiger partial charge in [-0.3, -0.25) is 0 Å². The van der Waals surface area contributed by atoms with Crippen LogP contribution >= 0.6 is 0 Å². The Morgan fingerprint density at radius 1 is 1.46 bits per heavy atom. The molecule has 13 heavy (non-hydrogen) atoms. The molecule has 0 spiro atoms. The Bertz CT molecular complexity index is 284. The SMILES string of the molecule is COCn1nc(C(C)(C)C)cc1C. The van der Waals surface area contributed by atoms with Gasteiger partial charge < -0.3 is 4.74 Å². The standard InChI is InChI=1S/C10H18N2O/c1-8-6-9(10(2,3)4)11-12(8)7-13-5/h6H,7H2,1-5H3. The van der Waals surface area contributed by atoms with Gasteiger partial charge in [-0.05, 0) is 13.0 Å². The van der Waals surface area contributed by atoms with Crippen molar-refractivity contribution >= 4 is 0 Å². The molecule has 0 radical (unpaired) electrons. The van der Waals surface area contributed by atoms with Crippen molar-refractivity contribution in [2.45, 2.75) is 39.8 Å². The molecule has 1 aromatic rings. The van der Waals surface area contributed by atoms with Crippen LogP contribution in [-0.2, 0) is 16.9 Å². The van der Waals surface area contributed by atoms with Gasteiger partial charge in [-0.2, -0.15) is 5.10 Å². The number of rotatable bonds is 2. The van der Waals surface area contributed by atoms with Crippen LogP contribution in [0.3, 0.4) is 0 Å². The van der Waals surface area contributed by atoms with Gasteiger partial charge in [0.2, 0.25) is 0 Å². The summed E-state index contributed by atoms with van der Waals surface area (Å²) in [5.74, 6) is 0. The van der Waals surface area contributed by atoms with Crippen LogP contribution in [0.5, 0.6) is 0 Å². The summed E-state index contributed by atoms with van der Waals surface area (Å²) in [4.78, 5) is 0. The Morgan fingerprint density at radius 3 is 2.46 bits per heavy atom. The van der Waals surface area contributed by atoms with Crippen LogP contribution in [0, 0.1) is 6.92 Å². The first kappa shape index (κ1) is 10.3. The van der Waals surface area contributed by atoms with Gasteiger partial charge in [0.05, 0.1) is 5.69 Å². The fraction of sp³-hybridized carbons (Fsp3) is 0.700. The molecule has 0 aliphatic rings. The van der Waals surface area contributed by atoms with Crippen molar-refractivity contribution in [1.82, 2.24) is 9.78 Å². The number of aryl methyl sites for hydroxylation is 1. The maximum atomic E-state index is 5.04. The zero-order chi connectivity index (χ0) is 10.1. The lowest BCUT2D eigenvalue weighted by Crippen LogP contribution is -2.13. The number of ether oxygens (including phenoxy) is 1. The van der Waals surface area contributed by atoms with E-state index < -0.39 is 0 Å². The van der Waals surface area contributed by atoms with Crippen LogP contribution in [0.25, 0.3) is 0 Å². The Labute approximate surface area is 79.7 Å². The molecule has 3 nitrogen and oxygen atoms in total. The van der Waals surface area contributed by atoms with Crippen molar-refractivity contribution in [2.24, 2.45) is 0 Å². The number of aromatic nitrogens is 2. The zero-order valence-corrected chi connectivity index (χ0v) is 9.09. The number of methoxy groups -OCH3 is 1. The topological polar surface area (TPSA) is 27.1 Å². The first-order chi connectivity index (χ1) is 5.95. The van der Waals surface area contributed by atoms with Crippen LogP contribution in [0.4, 0.5) is 0 Å². The lowest BCUT2D eigenvalue weighted by Gasteiger charge is -2.14. The molecule has 74 valence electrons. The van der Waals surface area contributed by atoms with Gasteiger partial charge in [-0.15, -0.1) is 0 Å². The summed E-state index contributed by atoms with van der Waals surface area (Å²) in [5.41, 5.74) is 2.37. The monoisotopic (exact) mass is 182 g/mol. The molecular weight excluding hydrogens is 164 g/mol. The third kappa shape index (κ3) is 2.31. The van der Waals surface area contributed by atoms with E-state index >= 15 is 0 Å². The average molecular weight is 182 g/mol. The largest absolute Gasteiger partial charge is 0.362 e. The van der Waals surface area contributed by atoms with Crippen molar-refractivity contribution in [3.05, 3.63) is 17.5 Å². The molecule has 1 rings (SSSR count). The van der Waals surface area contributed by atoms with Gasteiger partial charge in [0, 0.05) is 18.2 Å². The van der Waals surface area contributed by atoms with E-state index in [2.05, 4.69) is 31.9 Å². The predicted molar refractivity (Wildman–Crippen MR) is 52.7 cm³/mol. The first-order valence-electron chi connectivity index (χ1n) is 4.49. The molecule has 0 saturated heterocycles. The minimum Gasteiger partial charge on any atom is -0.362 e. The molecule has 0 atom stereocenters. The second-order valence-electron chi connectivity index (χ2n) is 4.34. The minimum absolute atomic E-state index is 0.115. The van der Waals surface area contributed by atoms with Crippen molar-refractivity contribution in [2.75, 3.05) is 7.11 Å². The molecule has 1 aromatic heterocycles. The molecule has 0 unspecified atom stereocenters. The molecule has 0 aromatic carbocycles. The van der Waals surface area contributed by atoms with E-state index in [4.69, 9.17) is 4.74 Å². The Kier molecular flexibility index (Phi) is 2.76. The Hall–Kier alpha value is -0.830. The number of hydrogen-bond acceptors (Lipinski definition) is 2. The highest BCUT2D eigenvalue weighted by Crippen LogP contribution is 2.21. The second-order valence-corrected chi connectivity index (χ2v) is 4.34. The summed E-state index contributed by atoms with van der Waals surface area (Å²) < 4.78 is 6.91. The van der Waals surface area contributed by atoms with Crippen molar-refractivity contribution in [3.8, 4) is 0 Å². The van der Waals surface area contributed by atoms with Gasteiger partial charge in [0.25, 0.3) is 0 Å². The summed E-state index contributed by atoms with van der Waals surface area (Å²) in [6.07, 6.45) is 0. The molecule has 0 fully saturated rings. The van der Waals surface area contributed by atoms with Gasteiger partial charge >= 0.3 is 0 Å². The van der Waals surface area contributed by atoms with Gasteiger partial charge in [0.1, 0.15) is 6.73 Å². The lowest BCUT2D eigenvalue weighted by molar-refractivity contribution is 0.118. The van der Waals surface area contributed by atoms with Crippen molar-refractivity contribution in [1.29, 1.82) is 0 Å². The zero-order valence-electron chi connectivity index (χ0n) is 9.09. The fourth-order valence-electron chi connectivity index (χ4n) is 1.13. The van der Waals surface area contributed by atoms with Crippen LogP contribution in [0.15, 0.2) is 6.07 Å². The van der Waals surface area contributed by atoms with E-state index in [0.717, 1.165) is 11.4 Å². The van der Waals surface area contributed by atoms with Crippen LogP contribution in [0.2, 0.25) is 0 Å². The van der Waals surface area contributed by atoms with Gasteiger partial charge in [-0.25, -0.2) is 4.68 Å². The minimum atomic E-state index is 0.115. The van der Waals surface area contributed by atoms with E-state index in [9.17, 15) is 0 Å². The van der Waals surface area contributed by atoms with E-state index in [1.807, 2.05) is 11.6 Å². The quantitative estimate of drug-likeness (QED) is 0.700. The van der Waals surface area contributed by atoms with Crippen LogP contribution in [-0.4, -0.2) is 16.9 Å². The third-order valence-electron chi connectivity index (χ3n) is 2.00. The summed E-state index contributed by atoms with van der Waals surface area (Å²) in [6, 6.07) is 2.11. The highest BCUT2D eigenvalue weighted by Gasteiger charge is 2.18. The maximum Gasteiger partial charge on any atom is 0.139 e. The summed E-state index contributed by atoms with van der Waals surface area (Å²) in [5, 5.41) is 4.46. The van der Waals surface area contributed by atoms with Crippen molar-refractivity contribution in [3.63, 3.8) is 0 Å². The van der Waals surface area contributed by atoms with E-state index in [1.54, 1.807) is 7.11 Å². The van der Waals surface area contributed by atoms with Crippen molar-refractivity contribution < 1.29 is 4.74 Å². The molecule has 1 heterocycles. The molecule has 0 bridgehead atoms. The molecular formula is C10H18N2O. The highest BCUT2D eigenvalue weighted by atomic mass is 16.5. The number of nitrogens with zero attached hydrogens (tertiary/aromatic N) is 2. The Balaban J connectivity index is 2.95. The lowest BCUT2D eigenvalue weighted by atomic mass is 9.92. The summed E-state index contributed by atoms with van der Waals surface area (Å²) >= 11 is 0. The first-order valence-corrected chi connectivity index (χ1v) is 4.49. The fourth-order valence-corrected chi connectivity index (χ4v) is 1.13. The van der Waals surface area contributed by atoms with E-state index in [-0.39, 0.29) is 5.41 Å². The highest BCUT2D eigenvalue weighted by molar-refractivity contribution is 5.16. The third-order valence-corrected chi connectivity index (χ3v) is 2.00. The van der Waals surface area contributed by atoms with Crippen LogP contribution in [0.1, 0.15) is 32.2 Å². The molecule has 0 aliphatic carbocycles. The molecule has 0 N–H and O–H groups in total. The number of hydrogen-bond donors (Lipinski definition) is 0. The van der Waals surface area contributed by atoms with Gasteiger partial charge in [-0.1, -0.05) is 20.8 Å². The van der Waals surface area contributed by atoms with E-state index in [0.29, 0.717) is 6.73 Å². The molecule has 3 heteroatoms. The molecule has 0 amide bonds. The molecule has 0 aliphatic heterocycles. The second kappa shape index (κ2) is 3.50. The summed E-state index contributed by atoms with van der Waals surface area (Å²) in [7, 11) is 1.68. The summed E-state index contributed by atoms with van der Waals surface area (Å²) in [6.45, 7) is 9.05. The smallest absolute Gasteiger partial charge is 0.139 e. The van der Waals surface area contributed by atoms with E-state index in [1.165, 1.54) is 0 Å². The van der Waals surface area contributed by atoms with Crippen LogP contribution < -0.4 is 0 Å². The Morgan fingerprint density at radius 2 is 2.08 bits per heavy atom. The average Bonchev–Trinajstić information content (AvgIpc) is 2.32. The van der Waals surface area contributed by atoms with Gasteiger partial charge in [0.15, 0.2) is 0 Å². The predicted octanol–water partition coefficient (Wildman–Crippen LogP) is 2.09. The normalized spacial score (nSPS) is 12.1. The maximum absolute atomic E-state index is 5.04. The molecule has 0 saturated carbocycles.